The van der Waals surface area contributed by atoms with E-state index in [1.165, 1.54) is 0 Å². The maximum atomic E-state index is 12.4. The molecular formula is C20H30N6O3. The maximum absolute atomic E-state index is 12.4. The van der Waals surface area contributed by atoms with Crippen molar-refractivity contribution >= 4 is 11.6 Å². The van der Waals surface area contributed by atoms with Gasteiger partial charge in [-0.05, 0) is 38.3 Å². The number of hydrogen-bond acceptors (Lipinski definition) is 5. The first-order valence-corrected chi connectivity index (χ1v) is 10.1. The van der Waals surface area contributed by atoms with Gasteiger partial charge in [-0.25, -0.2) is 9.48 Å². The van der Waals surface area contributed by atoms with Gasteiger partial charge in [0.15, 0.2) is 17.5 Å². The minimum Gasteiger partial charge on any atom is -0.493 e. The van der Waals surface area contributed by atoms with Crippen LogP contribution in [0.25, 0.3) is 0 Å². The van der Waals surface area contributed by atoms with Crippen LogP contribution in [0.1, 0.15) is 32.0 Å². The number of aliphatic imine (C=N–C) groups is 1. The minimum absolute atomic E-state index is 0.00342. The second-order valence-electron chi connectivity index (χ2n) is 6.81. The van der Waals surface area contributed by atoms with Crippen LogP contribution < -0.4 is 25.8 Å². The van der Waals surface area contributed by atoms with Crippen molar-refractivity contribution < 1.29 is 9.47 Å². The topological polar surface area (TPSA) is 94.7 Å². The molecule has 9 nitrogen and oxygen atoms in total. The SMILES string of the molecule is CCOc1ccc(NC(=NC)NCCCn2nc3n(c2=O)CCCC3)cc1OC. The first-order valence-electron chi connectivity index (χ1n) is 10.1. The van der Waals surface area contributed by atoms with Crippen LogP contribution in [0.3, 0.4) is 0 Å². The fourth-order valence-electron chi connectivity index (χ4n) is 3.37. The van der Waals surface area contributed by atoms with Gasteiger partial charge in [0, 0.05) is 44.9 Å². The van der Waals surface area contributed by atoms with E-state index in [-0.39, 0.29) is 5.69 Å². The van der Waals surface area contributed by atoms with E-state index < -0.39 is 0 Å². The number of anilines is 1. The molecule has 2 heterocycles. The first-order chi connectivity index (χ1) is 14.2. The molecule has 1 aliphatic heterocycles. The van der Waals surface area contributed by atoms with E-state index in [2.05, 4.69) is 20.7 Å². The molecule has 0 atom stereocenters. The lowest BCUT2D eigenvalue weighted by molar-refractivity contribution is 0.311. The summed E-state index contributed by atoms with van der Waals surface area (Å²) in [5.74, 6) is 2.93. The third kappa shape index (κ3) is 5.10. The Morgan fingerprint density at radius 3 is 2.90 bits per heavy atom. The minimum atomic E-state index is 0.00342. The Kier molecular flexibility index (Phi) is 7.15. The summed E-state index contributed by atoms with van der Waals surface area (Å²) in [5, 5.41) is 11.0. The van der Waals surface area contributed by atoms with Gasteiger partial charge in [-0.2, -0.15) is 5.10 Å². The first kappa shape index (κ1) is 20.8. The number of guanidine groups is 1. The molecule has 0 fully saturated rings. The van der Waals surface area contributed by atoms with E-state index in [1.54, 1.807) is 23.4 Å². The molecule has 0 aliphatic carbocycles. The van der Waals surface area contributed by atoms with Gasteiger partial charge in [0.2, 0.25) is 0 Å². The number of fused-ring (bicyclic) bond motifs is 1. The number of nitrogens with one attached hydrogen (secondary N) is 2. The highest BCUT2D eigenvalue weighted by molar-refractivity contribution is 5.93. The normalized spacial score (nSPS) is 13.7. The Hall–Kier alpha value is -2.97. The average molecular weight is 402 g/mol. The van der Waals surface area contributed by atoms with E-state index >= 15 is 0 Å². The lowest BCUT2D eigenvalue weighted by Gasteiger charge is -2.14. The van der Waals surface area contributed by atoms with Crippen LogP contribution >= 0.6 is 0 Å². The number of rotatable bonds is 8. The second kappa shape index (κ2) is 9.99. The zero-order valence-corrected chi connectivity index (χ0v) is 17.4. The lowest BCUT2D eigenvalue weighted by atomic mass is 10.2. The Morgan fingerprint density at radius 2 is 2.17 bits per heavy atom. The van der Waals surface area contributed by atoms with Gasteiger partial charge in [0.25, 0.3) is 0 Å². The van der Waals surface area contributed by atoms with Gasteiger partial charge in [0.1, 0.15) is 5.82 Å². The number of hydrogen-bond donors (Lipinski definition) is 2. The predicted octanol–water partition coefficient (Wildman–Crippen LogP) is 1.87. The molecule has 1 aromatic carbocycles. The molecule has 0 saturated heterocycles. The molecular weight excluding hydrogens is 372 g/mol. The Labute approximate surface area is 170 Å². The van der Waals surface area contributed by atoms with Gasteiger partial charge in [-0.15, -0.1) is 0 Å². The van der Waals surface area contributed by atoms with E-state index in [0.29, 0.717) is 37.2 Å². The number of benzene rings is 1. The second-order valence-corrected chi connectivity index (χ2v) is 6.81. The van der Waals surface area contributed by atoms with Crippen LogP contribution in [0.4, 0.5) is 5.69 Å². The van der Waals surface area contributed by atoms with Crippen molar-refractivity contribution in [1.82, 2.24) is 19.7 Å². The van der Waals surface area contributed by atoms with Crippen molar-refractivity contribution in [3.63, 3.8) is 0 Å². The Bertz CT molecular complexity index is 902. The van der Waals surface area contributed by atoms with Crippen molar-refractivity contribution in [2.75, 3.05) is 32.6 Å². The van der Waals surface area contributed by atoms with Crippen LogP contribution in [-0.4, -0.2) is 47.6 Å². The largest absolute Gasteiger partial charge is 0.493 e. The number of methoxy groups -OCH3 is 1. The summed E-state index contributed by atoms with van der Waals surface area (Å²) in [6, 6.07) is 5.65. The molecule has 0 bridgehead atoms. The lowest BCUT2D eigenvalue weighted by Crippen LogP contribution is -2.33. The molecule has 1 aliphatic rings. The fourth-order valence-corrected chi connectivity index (χ4v) is 3.37. The molecule has 0 saturated carbocycles. The Morgan fingerprint density at radius 1 is 1.31 bits per heavy atom. The third-order valence-electron chi connectivity index (χ3n) is 4.82. The van der Waals surface area contributed by atoms with Crippen LogP contribution in [0.2, 0.25) is 0 Å². The van der Waals surface area contributed by atoms with E-state index in [9.17, 15) is 4.79 Å². The van der Waals surface area contributed by atoms with Crippen LogP contribution in [0.5, 0.6) is 11.5 Å². The molecule has 0 spiro atoms. The summed E-state index contributed by atoms with van der Waals surface area (Å²) in [7, 11) is 3.33. The highest BCUT2D eigenvalue weighted by Gasteiger charge is 2.16. The van der Waals surface area contributed by atoms with Crippen molar-refractivity contribution in [1.29, 1.82) is 0 Å². The quantitative estimate of drug-likeness (QED) is 0.398. The zero-order chi connectivity index (χ0) is 20.6. The van der Waals surface area contributed by atoms with E-state index in [0.717, 1.165) is 43.7 Å². The summed E-state index contributed by atoms with van der Waals surface area (Å²) >= 11 is 0. The van der Waals surface area contributed by atoms with Crippen molar-refractivity contribution in [2.45, 2.75) is 45.7 Å². The highest BCUT2D eigenvalue weighted by Crippen LogP contribution is 2.30. The highest BCUT2D eigenvalue weighted by atomic mass is 16.5. The molecule has 158 valence electrons. The molecule has 2 N–H and O–H groups in total. The summed E-state index contributed by atoms with van der Waals surface area (Å²) in [6.07, 6.45) is 3.82. The smallest absolute Gasteiger partial charge is 0.345 e. The fraction of sp³-hybridized carbons (Fsp3) is 0.550. The summed E-state index contributed by atoms with van der Waals surface area (Å²) < 4.78 is 14.3. The predicted molar refractivity (Wildman–Crippen MR) is 113 cm³/mol. The van der Waals surface area contributed by atoms with Crippen molar-refractivity contribution in [2.24, 2.45) is 4.99 Å². The molecule has 0 radical (unpaired) electrons. The van der Waals surface area contributed by atoms with Crippen molar-refractivity contribution in [3.05, 3.63) is 34.5 Å². The molecule has 9 heteroatoms. The average Bonchev–Trinajstić information content (AvgIpc) is 3.07. The molecule has 1 aromatic heterocycles. The van der Waals surface area contributed by atoms with Crippen LogP contribution in [0.15, 0.2) is 28.0 Å². The Balaban J connectivity index is 1.51. The third-order valence-corrected chi connectivity index (χ3v) is 4.82. The van der Waals surface area contributed by atoms with Gasteiger partial charge < -0.3 is 20.1 Å². The van der Waals surface area contributed by atoms with Gasteiger partial charge in [0.05, 0.1) is 13.7 Å². The molecule has 0 amide bonds. The number of aromatic nitrogens is 3. The maximum Gasteiger partial charge on any atom is 0.345 e. The number of aryl methyl sites for hydroxylation is 2. The van der Waals surface area contributed by atoms with Gasteiger partial charge >= 0.3 is 5.69 Å². The van der Waals surface area contributed by atoms with E-state index in [1.807, 2.05) is 25.1 Å². The van der Waals surface area contributed by atoms with Gasteiger partial charge in [-0.1, -0.05) is 0 Å². The standard InChI is InChI=1S/C20H30N6O3/c1-4-29-16-10-9-15(14-17(16)28-3)23-19(21-2)22-11-7-13-26-20(27)25-12-6-5-8-18(25)24-26/h9-10,14H,4-8,11-13H2,1-3H3,(H2,21,22,23). The zero-order valence-electron chi connectivity index (χ0n) is 17.4. The molecule has 0 unspecified atom stereocenters. The van der Waals surface area contributed by atoms with Gasteiger partial charge in [-0.3, -0.25) is 9.56 Å². The number of ether oxygens (including phenoxy) is 2. The van der Waals surface area contributed by atoms with Crippen molar-refractivity contribution in [3.8, 4) is 11.5 Å². The monoisotopic (exact) mass is 402 g/mol. The number of nitrogens with zero attached hydrogens (tertiary/aromatic N) is 4. The molecule has 3 rings (SSSR count). The molecule has 2 aromatic rings. The summed E-state index contributed by atoms with van der Waals surface area (Å²) in [4.78, 5) is 16.6. The summed E-state index contributed by atoms with van der Waals surface area (Å²) in [5.41, 5.74) is 0.847. The summed E-state index contributed by atoms with van der Waals surface area (Å²) in [6.45, 7) is 4.55. The van der Waals surface area contributed by atoms with Crippen LogP contribution in [-0.2, 0) is 19.5 Å². The molecule has 29 heavy (non-hydrogen) atoms. The van der Waals surface area contributed by atoms with Crippen LogP contribution in [0, 0.1) is 0 Å². The van der Waals surface area contributed by atoms with E-state index in [4.69, 9.17) is 9.47 Å².